The molecule has 2 heteroatoms. The molecule has 1 aromatic carbocycles. The van der Waals surface area contributed by atoms with Crippen LogP contribution in [0.15, 0.2) is 28.7 Å². The fraction of sp³-hybridized carbons (Fsp3) is 0.455. The first-order chi connectivity index (χ1) is 6.36. The topological polar surface area (TPSA) is 12.0 Å². The van der Waals surface area contributed by atoms with Crippen molar-refractivity contribution >= 4 is 15.9 Å². The smallest absolute Gasteiger partial charge is 0.0175 e. The standard InChI is InChI=1S/C9H10BrN.C2H6/c10-9-3-1-7(2-4-9)8-5-11-6-8;1-2/h1-4,8,11H,5-6H2;1-2H3. The number of benzene rings is 1. The summed E-state index contributed by atoms with van der Waals surface area (Å²) < 4.78 is 1.16. The SMILES string of the molecule is Brc1ccc(C2CNC2)cc1.CC. The molecule has 1 saturated heterocycles. The van der Waals surface area contributed by atoms with Gasteiger partial charge in [0.2, 0.25) is 0 Å². The molecule has 0 radical (unpaired) electrons. The third-order valence-corrected chi connectivity index (χ3v) is 2.65. The molecule has 0 spiro atoms. The Hall–Kier alpha value is -0.340. The Morgan fingerprint density at radius 1 is 1.15 bits per heavy atom. The lowest BCUT2D eigenvalue weighted by atomic mass is 9.94. The maximum absolute atomic E-state index is 3.42. The van der Waals surface area contributed by atoms with E-state index in [4.69, 9.17) is 0 Å². The number of nitrogens with one attached hydrogen (secondary N) is 1. The Bertz CT molecular complexity index is 239. The summed E-state index contributed by atoms with van der Waals surface area (Å²) in [5.41, 5.74) is 1.45. The van der Waals surface area contributed by atoms with E-state index in [1.165, 1.54) is 5.56 Å². The molecule has 1 fully saturated rings. The molecule has 0 amide bonds. The van der Waals surface area contributed by atoms with Crippen molar-refractivity contribution < 1.29 is 0 Å². The largest absolute Gasteiger partial charge is 0.315 e. The third kappa shape index (κ3) is 2.82. The molecule has 0 saturated carbocycles. The van der Waals surface area contributed by atoms with Gasteiger partial charge >= 0.3 is 0 Å². The summed E-state index contributed by atoms with van der Waals surface area (Å²) in [6, 6.07) is 8.59. The molecule has 1 N–H and O–H groups in total. The lowest BCUT2D eigenvalue weighted by Crippen LogP contribution is -2.39. The Morgan fingerprint density at radius 2 is 1.69 bits per heavy atom. The predicted molar refractivity (Wildman–Crippen MR) is 61.1 cm³/mol. The summed E-state index contributed by atoms with van der Waals surface area (Å²) in [5, 5.41) is 3.26. The predicted octanol–water partition coefficient (Wildman–Crippen LogP) is 3.16. The van der Waals surface area contributed by atoms with Crippen LogP contribution in [0.5, 0.6) is 0 Å². The normalized spacial score (nSPS) is 15.6. The second-order valence-corrected chi connectivity index (χ2v) is 3.82. The third-order valence-electron chi connectivity index (χ3n) is 2.12. The van der Waals surface area contributed by atoms with Crippen molar-refractivity contribution in [1.29, 1.82) is 0 Å². The summed E-state index contributed by atoms with van der Waals surface area (Å²) >= 11 is 3.42. The fourth-order valence-corrected chi connectivity index (χ4v) is 1.52. The molecule has 1 aliphatic heterocycles. The van der Waals surface area contributed by atoms with Crippen LogP contribution in [-0.2, 0) is 0 Å². The van der Waals surface area contributed by atoms with E-state index in [2.05, 4.69) is 45.5 Å². The first kappa shape index (κ1) is 10.7. The van der Waals surface area contributed by atoms with Crippen LogP contribution in [0.1, 0.15) is 25.3 Å². The van der Waals surface area contributed by atoms with Crippen molar-refractivity contribution in [3.8, 4) is 0 Å². The van der Waals surface area contributed by atoms with Crippen LogP contribution in [0, 0.1) is 0 Å². The first-order valence-corrected chi connectivity index (χ1v) is 5.62. The van der Waals surface area contributed by atoms with Gasteiger partial charge in [-0.05, 0) is 17.7 Å². The van der Waals surface area contributed by atoms with Crippen LogP contribution < -0.4 is 5.32 Å². The average molecular weight is 242 g/mol. The fourth-order valence-electron chi connectivity index (χ4n) is 1.26. The first-order valence-electron chi connectivity index (χ1n) is 4.82. The Kier molecular flexibility index (Phi) is 4.46. The van der Waals surface area contributed by atoms with E-state index >= 15 is 0 Å². The lowest BCUT2D eigenvalue weighted by Gasteiger charge is -2.27. The average Bonchev–Trinajstić information content (AvgIpc) is 2.09. The molecule has 1 aromatic rings. The van der Waals surface area contributed by atoms with Gasteiger partial charge in [0.05, 0.1) is 0 Å². The zero-order valence-electron chi connectivity index (χ0n) is 8.18. The van der Waals surface area contributed by atoms with E-state index in [9.17, 15) is 0 Å². The van der Waals surface area contributed by atoms with E-state index in [1.807, 2.05) is 13.8 Å². The van der Waals surface area contributed by atoms with Gasteiger partial charge < -0.3 is 5.32 Å². The van der Waals surface area contributed by atoms with Crippen molar-refractivity contribution in [2.45, 2.75) is 19.8 Å². The Balaban J connectivity index is 0.000000396. The van der Waals surface area contributed by atoms with Crippen LogP contribution in [0.3, 0.4) is 0 Å². The highest BCUT2D eigenvalue weighted by atomic mass is 79.9. The molecule has 0 aliphatic carbocycles. The van der Waals surface area contributed by atoms with Gasteiger partial charge in [-0.2, -0.15) is 0 Å². The van der Waals surface area contributed by atoms with Crippen molar-refractivity contribution in [3.63, 3.8) is 0 Å². The van der Waals surface area contributed by atoms with E-state index in [0.717, 1.165) is 23.5 Å². The van der Waals surface area contributed by atoms with Crippen molar-refractivity contribution in [1.82, 2.24) is 5.32 Å². The van der Waals surface area contributed by atoms with Crippen LogP contribution in [0.4, 0.5) is 0 Å². The Morgan fingerprint density at radius 3 is 2.08 bits per heavy atom. The number of hydrogen-bond donors (Lipinski definition) is 1. The minimum atomic E-state index is 0.753. The molecule has 2 rings (SSSR count). The van der Waals surface area contributed by atoms with Gasteiger partial charge in [0.1, 0.15) is 0 Å². The summed E-state index contributed by atoms with van der Waals surface area (Å²) in [7, 11) is 0. The quantitative estimate of drug-likeness (QED) is 0.797. The molecule has 0 bridgehead atoms. The van der Waals surface area contributed by atoms with Gasteiger partial charge in [-0.15, -0.1) is 0 Å². The van der Waals surface area contributed by atoms with E-state index in [-0.39, 0.29) is 0 Å². The van der Waals surface area contributed by atoms with E-state index < -0.39 is 0 Å². The second kappa shape index (κ2) is 5.40. The van der Waals surface area contributed by atoms with Crippen LogP contribution in [0.25, 0.3) is 0 Å². The molecule has 0 atom stereocenters. The highest BCUT2D eigenvalue weighted by Gasteiger charge is 2.17. The maximum atomic E-state index is 3.42. The van der Waals surface area contributed by atoms with Gasteiger partial charge in [-0.25, -0.2) is 0 Å². The molecule has 72 valence electrons. The molecule has 1 heterocycles. The van der Waals surface area contributed by atoms with Gasteiger partial charge in [0, 0.05) is 23.5 Å². The molecule has 1 aliphatic rings. The number of rotatable bonds is 1. The molecule has 1 nitrogen and oxygen atoms in total. The highest BCUT2D eigenvalue weighted by molar-refractivity contribution is 9.10. The molecule has 13 heavy (non-hydrogen) atoms. The zero-order chi connectivity index (χ0) is 9.68. The minimum Gasteiger partial charge on any atom is -0.315 e. The van der Waals surface area contributed by atoms with Gasteiger partial charge in [0.15, 0.2) is 0 Å². The van der Waals surface area contributed by atoms with Gasteiger partial charge in [-0.1, -0.05) is 41.9 Å². The van der Waals surface area contributed by atoms with E-state index in [0.29, 0.717) is 0 Å². The number of halogens is 1. The second-order valence-electron chi connectivity index (χ2n) is 2.91. The van der Waals surface area contributed by atoms with Crippen molar-refractivity contribution in [3.05, 3.63) is 34.3 Å². The number of hydrogen-bond acceptors (Lipinski definition) is 1. The lowest BCUT2D eigenvalue weighted by molar-refractivity contribution is 0.448. The van der Waals surface area contributed by atoms with Crippen LogP contribution in [-0.4, -0.2) is 13.1 Å². The molecule has 0 aromatic heterocycles. The van der Waals surface area contributed by atoms with Crippen molar-refractivity contribution in [2.75, 3.05) is 13.1 Å². The van der Waals surface area contributed by atoms with Crippen molar-refractivity contribution in [2.24, 2.45) is 0 Å². The van der Waals surface area contributed by atoms with Crippen LogP contribution >= 0.6 is 15.9 Å². The molecular weight excluding hydrogens is 226 g/mol. The summed E-state index contributed by atoms with van der Waals surface area (Å²) in [4.78, 5) is 0. The summed E-state index contributed by atoms with van der Waals surface area (Å²) in [6.45, 7) is 6.28. The zero-order valence-corrected chi connectivity index (χ0v) is 9.76. The van der Waals surface area contributed by atoms with E-state index in [1.54, 1.807) is 0 Å². The van der Waals surface area contributed by atoms with Gasteiger partial charge in [0.25, 0.3) is 0 Å². The molecular formula is C11H16BrN. The van der Waals surface area contributed by atoms with Crippen LogP contribution in [0.2, 0.25) is 0 Å². The monoisotopic (exact) mass is 241 g/mol. The summed E-state index contributed by atoms with van der Waals surface area (Å²) in [6.07, 6.45) is 0. The molecule has 0 unspecified atom stereocenters. The highest BCUT2D eigenvalue weighted by Crippen LogP contribution is 2.21. The Labute approximate surface area is 88.7 Å². The summed E-state index contributed by atoms with van der Waals surface area (Å²) in [5.74, 6) is 0.753. The minimum absolute atomic E-state index is 0.753. The maximum Gasteiger partial charge on any atom is 0.0175 e. The van der Waals surface area contributed by atoms with Gasteiger partial charge in [-0.3, -0.25) is 0 Å².